The fourth-order valence-electron chi connectivity index (χ4n) is 2.04. The van der Waals surface area contributed by atoms with Gasteiger partial charge in [0.25, 0.3) is 5.91 Å². The first-order valence-electron chi connectivity index (χ1n) is 6.88. The van der Waals surface area contributed by atoms with Gasteiger partial charge in [0.15, 0.2) is 0 Å². The minimum atomic E-state index is -0.0267. The molecule has 3 N–H and O–H groups in total. The summed E-state index contributed by atoms with van der Waals surface area (Å²) in [6.45, 7) is 7.43. The van der Waals surface area contributed by atoms with Crippen molar-refractivity contribution in [3.8, 4) is 0 Å². The highest BCUT2D eigenvalue weighted by molar-refractivity contribution is 7.20. The molecule has 0 aliphatic rings. The third kappa shape index (κ3) is 2.86. The van der Waals surface area contributed by atoms with Crippen molar-refractivity contribution in [2.24, 2.45) is 18.7 Å². The van der Waals surface area contributed by atoms with E-state index in [9.17, 15) is 4.79 Å². The predicted octanol–water partition coefficient (Wildman–Crippen LogP) is 2.08. The van der Waals surface area contributed by atoms with Crippen LogP contribution in [0, 0.1) is 5.92 Å². The van der Waals surface area contributed by atoms with Gasteiger partial charge in [0.2, 0.25) is 0 Å². The number of nitrogens with zero attached hydrogens (tertiary/aromatic N) is 2. The van der Waals surface area contributed by atoms with Crippen LogP contribution in [0.5, 0.6) is 0 Å². The Balaban J connectivity index is 2.23. The van der Waals surface area contributed by atoms with E-state index >= 15 is 0 Å². The van der Waals surface area contributed by atoms with Gasteiger partial charge in [-0.1, -0.05) is 20.8 Å². The second-order valence-electron chi connectivity index (χ2n) is 5.54. The van der Waals surface area contributed by atoms with E-state index in [4.69, 9.17) is 5.73 Å². The van der Waals surface area contributed by atoms with Crippen LogP contribution in [0.1, 0.15) is 42.1 Å². The van der Waals surface area contributed by atoms with E-state index in [1.54, 1.807) is 0 Å². The zero-order valence-electron chi connectivity index (χ0n) is 12.4. The van der Waals surface area contributed by atoms with Gasteiger partial charge in [0.05, 0.1) is 10.6 Å². The Labute approximate surface area is 123 Å². The van der Waals surface area contributed by atoms with Crippen molar-refractivity contribution < 1.29 is 4.79 Å². The minimum Gasteiger partial charge on any atom is -0.351 e. The molecule has 2 aromatic heterocycles. The number of nitrogens with two attached hydrogens (primary N) is 1. The van der Waals surface area contributed by atoms with Gasteiger partial charge < -0.3 is 11.1 Å². The number of aromatic nitrogens is 2. The Hall–Kier alpha value is -1.40. The van der Waals surface area contributed by atoms with Gasteiger partial charge in [-0.15, -0.1) is 11.3 Å². The van der Waals surface area contributed by atoms with E-state index in [0.29, 0.717) is 24.9 Å². The van der Waals surface area contributed by atoms with Crippen LogP contribution in [0.4, 0.5) is 0 Å². The Morgan fingerprint density at radius 2 is 2.20 bits per heavy atom. The van der Waals surface area contributed by atoms with Crippen molar-refractivity contribution in [3.05, 3.63) is 16.6 Å². The first kappa shape index (κ1) is 15.0. The lowest BCUT2D eigenvalue weighted by Gasteiger charge is -2.08. The van der Waals surface area contributed by atoms with Crippen molar-refractivity contribution in [1.82, 2.24) is 15.1 Å². The molecule has 0 saturated carbocycles. The first-order valence-corrected chi connectivity index (χ1v) is 7.70. The van der Waals surface area contributed by atoms with Gasteiger partial charge >= 0.3 is 0 Å². The quantitative estimate of drug-likeness (QED) is 0.886. The Kier molecular flexibility index (Phi) is 4.45. The van der Waals surface area contributed by atoms with Gasteiger partial charge in [0.1, 0.15) is 4.83 Å². The molecule has 1 amide bonds. The molecule has 2 aromatic rings. The smallest absolute Gasteiger partial charge is 0.261 e. The number of fused-ring (bicyclic) bond motifs is 1. The SMILES string of the molecule is CC(CN)CNC(=O)c1cc2c(C(C)C)nn(C)c2s1. The Morgan fingerprint density at radius 3 is 2.80 bits per heavy atom. The zero-order valence-corrected chi connectivity index (χ0v) is 13.3. The molecule has 0 aromatic carbocycles. The molecule has 0 radical (unpaired) electrons. The molecule has 0 saturated heterocycles. The van der Waals surface area contributed by atoms with Gasteiger partial charge in [0, 0.05) is 19.0 Å². The van der Waals surface area contributed by atoms with Gasteiger partial charge in [-0.05, 0) is 24.4 Å². The highest BCUT2D eigenvalue weighted by atomic mass is 32.1. The summed E-state index contributed by atoms with van der Waals surface area (Å²) >= 11 is 1.49. The molecule has 0 spiro atoms. The average molecular weight is 294 g/mol. The van der Waals surface area contributed by atoms with Crippen LogP contribution >= 0.6 is 11.3 Å². The van der Waals surface area contributed by atoms with Crippen molar-refractivity contribution in [3.63, 3.8) is 0 Å². The second kappa shape index (κ2) is 5.93. The van der Waals surface area contributed by atoms with Crippen LogP contribution in [0.3, 0.4) is 0 Å². The number of carbonyl (C=O) groups excluding carboxylic acids is 1. The molecule has 0 aliphatic heterocycles. The van der Waals surface area contributed by atoms with Crippen LogP contribution in [0.15, 0.2) is 6.07 Å². The van der Waals surface area contributed by atoms with Crippen molar-refractivity contribution in [2.45, 2.75) is 26.7 Å². The molecule has 6 heteroatoms. The van der Waals surface area contributed by atoms with Crippen molar-refractivity contribution in [1.29, 1.82) is 0 Å². The number of hydrogen-bond donors (Lipinski definition) is 2. The largest absolute Gasteiger partial charge is 0.351 e. The van der Waals surface area contributed by atoms with E-state index in [1.807, 2.05) is 24.7 Å². The minimum absolute atomic E-state index is 0.0267. The summed E-state index contributed by atoms with van der Waals surface area (Å²) in [5, 5.41) is 8.53. The number of aryl methyl sites for hydroxylation is 1. The summed E-state index contributed by atoms with van der Waals surface area (Å²) in [4.78, 5) is 13.9. The molecular weight excluding hydrogens is 272 g/mol. The Bertz CT molecular complexity index is 614. The van der Waals surface area contributed by atoms with Crippen molar-refractivity contribution >= 4 is 27.5 Å². The standard InChI is InChI=1S/C14H22N4OS/c1-8(2)12-10-5-11(20-14(10)18(4)17-12)13(19)16-7-9(3)6-15/h5,8-9H,6-7,15H2,1-4H3,(H,16,19). The summed E-state index contributed by atoms with van der Waals surface area (Å²) in [5.74, 6) is 0.615. The number of amides is 1. The molecule has 0 bridgehead atoms. The predicted molar refractivity (Wildman–Crippen MR) is 83.2 cm³/mol. The molecule has 1 atom stereocenters. The molecule has 20 heavy (non-hydrogen) atoms. The van der Waals surface area contributed by atoms with Crippen LogP contribution in [-0.2, 0) is 7.05 Å². The van der Waals surface area contributed by atoms with Gasteiger partial charge in [-0.2, -0.15) is 5.10 Å². The first-order chi connectivity index (χ1) is 9.43. The Morgan fingerprint density at radius 1 is 1.50 bits per heavy atom. The maximum Gasteiger partial charge on any atom is 0.261 e. The third-order valence-corrected chi connectivity index (χ3v) is 4.52. The monoisotopic (exact) mass is 294 g/mol. The highest BCUT2D eigenvalue weighted by Gasteiger charge is 2.18. The van der Waals surface area contributed by atoms with E-state index in [2.05, 4.69) is 24.3 Å². The van der Waals surface area contributed by atoms with Gasteiger partial charge in [-0.3, -0.25) is 9.48 Å². The molecule has 0 aliphatic carbocycles. The lowest BCUT2D eigenvalue weighted by molar-refractivity contribution is 0.0952. The fraction of sp³-hybridized carbons (Fsp3) is 0.571. The molecular formula is C14H22N4OS. The fourth-order valence-corrected chi connectivity index (χ4v) is 3.04. The lowest BCUT2D eigenvalue weighted by Crippen LogP contribution is -2.30. The van der Waals surface area contributed by atoms with Crippen LogP contribution in [0.25, 0.3) is 10.2 Å². The molecule has 2 rings (SSSR count). The van der Waals surface area contributed by atoms with E-state index < -0.39 is 0 Å². The maximum atomic E-state index is 12.2. The number of nitrogens with one attached hydrogen (secondary N) is 1. The third-order valence-electron chi connectivity index (χ3n) is 3.32. The topological polar surface area (TPSA) is 72.9 Å². The van der Waals surface area contributed by atoms with E-state index in [-0.39, 0.29) is 5.91 Å². The maximum absolute atomic E-state index is 12.2. The summed E-state index contributed by atoms with van der Waals surface area (Å²) in [6.07, 6.45) is 0. The number of rotatable bonds is 5. The highest BCUT2D eigenvalue weighted by Crippen LogP contribution is 2.31. The zero-order chi connectivity index (χ0) is 14.9. The number of carbonyl (C=O) groups is 1. The summed E-state index contributed by atoms with van der Waals surface area (Å²) in [7, 11) is 1.92. The summed E-state index contributed by atoms with van der Waals surface area (Å²) in [6, 6.07) is 1.95. The van der Waals surface area contributed by atoms with Crippen LogP contribution in [-0.4, -0.2) is 28.8 Å². The number of thiophene rings is 1. The second-order valence-corrected chi connectivity index (χ2v) is 6.57. The summed E-state index contributed by atoms with van der Waals surface area (Å²) in [5.41, 5.74) is 6.60. The lowest BCUT2D eigenvalue weighted by atomic mass is 10.1. The van der Waals surface area contributed by atoms with E-state index in [1.165, 1.54) is 11.3 Å². The molecule has 110 valence electrons. The van der Waals surface area contributed by atoms with Crippen molar-refractivity contribution in [2.75, 3.05) is 13.1 Å². The number of hydrogen-bond acceptors (Lipinski definition) is 4. The van der Waals surface area contributed by atoms with Gasteiger partial charge in [-0.25, -0.2) is 0 Å². The van der Waals surface area contributed by atoms with E-state index in [0.717, 1.165) is 20.8 Å². The normalized spacial score (nSPS) is 13.1. The molecule has 0 fully saturated rings. The molecule has 5 nitrogen and oxygen atoms in total. The molecule has 2 heterocycles. The van der Waals surface area contributed by atoms with Crippen LogP contribution < -0.4 is 11.1 Å². The molecule has 1 unspecified atom stereocenters. The average Bonchev–Trinajstić information content (AvgIpc) is 2.96. The van der Waals surface area contributed by atoms with Crippen LogP contribution in [0.2, 0.25) is 0 Å². The summed E-state index contributed by atoms with van der Waals surface area (Å²) < 4.78 is 1.86.